The zero-order chi connectivity index (χ0) is 11.5. The smallest absolute Gasteiger partial charge is 0.110 e. The maximum Gasteiger partial charge on any atom is 0.110 e. The van der Waals surface area contributed by atoms with E-state index in [9.17, 15) is 0 Å². The second-order valence-electron chi connectivity index (χ2n) is 5.15. The summed E-state index contributed by atoms with van der Waals surface area (Å²) in [6.07, 6.45) is 5.65. The topological polar surface area (TPSA) is 24.9 Å². The fourth-order valence-electron chi connectivity index (χ4n) is 2.37. The summed E-state index contributed by atoms with van der Waals surface area (Å²) >= 11 is 1.76. The molecule has 1 aromatic heterocycles. The van der Waals surface area contributed by atoms with Gasteiger partial charge in [-0.2, -0.15) is 0 Å². The second kappa shape index (κ2) is 5.28. The summed E-state index contributed by atoms with van der Waals surface area (Å²) in [4.78, 5) is 4.53. The Hall–Kier alpha value is -0.410. The van der Waals surface area contributed by atoms with Gasteiger partial charge in [0.1, 0.15) is 5.01 Å². The first kappa shape index (κ1) is 12.1. The first-order valence-corrected chi connectivity index (χ1v) is 7.21. The van der Waals surface area contributed by atoms with E-state index >= 15 is 0 Å². The maximum absolute atomic E-state index is 4.53. The molecule has 1 heterocycles. The van der Waals surface area contributed by atoms with Crippen LogP contribution in [0.4, 0.5) is 0 Å². The lowest BCUT2D eigenvalue weighted by molar-refractivity contribution is 0.259. The number of hydrogen-bond donors (Lipinski definition) is 1. The van der Waals surface area contributed by atoms with E-state index in [1.54, 1.807) is 11.3 Å². The lowest BCUT2D eigenvalue weighted by Crippen LogP contribution is -2.32. The molecule has 0 spiro atoms. The number of aryl methyl sites for hydroxylation is 1. The van der Waals surface area contributed by atoms with Crippen molar-refractivity contribution in [2.24, 2.45) is 5.92 Å². The number of rotatable bonds is 5. The van der Waals surface area contributed by atoms with E-state index < -0.39 is 0 Å². The highest BCUT2D eigenvalue weighted by Gasteiger charge is 2.21. The number of hydrogen-bond acceptors (Lipinski definition) is 3. The van der Waals surface area contributed by atoms with Crippen LogP contribution < -0.4 is 5.32 Å². The Bertz CT molecular complexity index is 330. The van der Waals surface area contributed by atoms with Gasteiger partial charge < -0.3 is 5.32 Å². The average molecular weight is 238 g/mol. The molecule has 1 N–H and O–H groups in total. The van der Waals surface area contributed by atoms with Crippen LogP contribution in [0.2, 0.25) is 0 Å². The Balaban J connectivity index is 1.79. The highest BCUT2D eigenvalue weighted by atomic mass is 32.1. The molecule has 2 unspecified atom stereocenters. The van der Waals surface area contributed by atoms with Crippen molar-refractivity contribution in [1.29, 1.82) is 0 Å². The van der Waals surface area contributed by atoms with Crippen LogP contribution in [-0.4, -0.2) is 11.0 Å². The summed E-state index contributed by atoms with van der Waals surface area (Å²) in [7, 11) is 0. The largest absolute Gasteiger partial charge is 0.306 e. The van der Waals surface area contributed by atoms with Crippen molar-refractivity contribution in [3.8, 4) is 0 Å². The molecule has 2 nitrogen and oxygen atoms in total. The highest BCUT2D eigenvalue weighted by Crippen LogP contribution is 2.31. The third-order valence-electron chi connectivity index (χ3n) is 3.45. The van der Waals surface area contributed by atoms with Crippen LogP contribution >= 0.6 is 11.3 Å². The third kappa shape index (κ3) is 3.05. The summed E-state index contributed by atoms with van der Waals surface area (Å²) in [5.41, 5.74) is 1.14. The Morgan fingerprint density at radius 2 is 2.25 bits per heavy atom. The Kier molecular flexibility index (Phi) is 3.98. The van der Waals surface area contributed by atoms with Gasteiger partial charge in [-0.1, -0.05) is 19.3 Å². The zero-order valence-electron chi connectivity index (χ0n) is 10.5. The van der Waals surface area contributed by atoms with Gasteiger partial charge in [0.05, 0.1) is 6.04 Å². The van der Waals surface area contributed by atoms with Gasteiger partial charge in [0.15, 0.2) is 0 Å². The first-order chi connectivity index (χ1) is 7.65. The number of thiazole rings is 1. The molecule has 0 aromatic carbocycles. The summed E-state index contributed by atoms with van der Waals surface area (Å²) in [5, 5.41) is 7.01. The van der Waals surface area contributed by atoms with Crippen molar-refractivity contribution in [2.75, 3.05) is 0 Å². The molecular weight excluding hydrogens is 216 g/mol. The molecule has 0 saturated heterocycles. The van der Waals surface area contributed by atoms with E-state index in [2.05, 4.69) is 36.5 Å². The van der Waals surface area contributed by atoms with Crippen LogP contribution in [0, 0.1) is 12.8 Å². The molecule has 1 aliphatic rings. The summed E-state index contributed by atoms with van der Waals surface area (Å²) in [6.45, 7) is 6.58. The van der Waals surface area contributed by atoms with E-state index in [0.29, 0.717) is 12.1 Å². The minimum absolute atomic E-state index is 0.397. The summed E-state index contributed by atoms with van der Waals surface area (Å²) in [5.74, 6) is 0.979. The van der Waals surface area contributed by atoms with E-state index in [4.69, 9.17) is 0 Å². The summed E-state index contributed by atoms with van der Waals surface area (Å²) in [6, 6.07) is 1.01. The van der Waals surface area contributed by atoms with Crippen molar-refractivity contribution in [3.63, 3.8) is 0 Å². The predicted molar refractivity (Wildman–Crippen MR) is 69.8 cm³/mol. The van der Waals surface area contributed by atoms with Crippen LogP contribution in [0.25, 0.3) is 0 Å². The lowest BCUT2D eigenvalue weighted by Gasteiger charge is -2.29. The SMILES string of the molecule is Cc1csc(C(C)NC(C)CC2CCC2)n1. The number of nitrogens with zero attached hydrogens (tertiary/aromatic N) is 1. The van der Waals surface area contributed by atoms with Crippen molar-refractivity contribution in [3.05, 3.63) is 16.1 Å². The number of nitrogens with one attached hydrogen (secondary N) is 1. The van der Waals surface area contributed by atoms with Crippen molar-refractivity contribution in [1.82, 2.24) is 10.3 Å². The van der Waals surface area contributed by atoms with Gasteiger partial charge in [0.25, 0.3) is 0 Å². The Morgan fingerprint density at radius 3 is 2.75 bits per heavy atom. The van der Waals surface area contributed by atoms with Crippen molar-refractivity contribution < 1.29 is 0 Å². The molecule has 3 heteroatoms. The van der Waals surface area contributed by atoms with E-state index in [1.807, 2.05) is 0 Å². The molecular formula is C13H22N2S. The normalized spacial score (nSPS) is 20.4. The van der Waals surface area contributed by atoms with E-state index in [0.717, 1.165) is 11.6 Å². The first-order valence-electron chi connectivity index (χ1n) is 6.33. The quantitative estimate of drug-likeness (QED) is 0.846. The second-order valence-corrected chi connectivity index (χ2v) is 6.04. The van der Waals surface area contributed by atoms with Gasteiger partial charge in [-0.15, -0.1) is 11.3 Å². The summed E-state index contributed by atoms with van der Waals surface area (Å²) < 4.78 is 0. The van der Waals surface area contributed by atoms with Gasteiger partial charge in [-0.05, 0) is 33.1 Å². The fourth-order valence-corrected chi connectivity index (χ4v) is 3.18. The maximum atomic E-state index is 4.53. The molecule has 2 atom stereocenters. The molecule has 0 aliphatic heterocycles. The molecule has 1 aromatic rings. The molecule has 1 aliphatic carbocycles. The number of aromatic nitrogens is 1. The van der Waals surface area contributed by atoms with Gasteiger partial charge >= 0.3 is 0 Å². The Morgan fingerprint density at radius 1 is 1.50 bits per heavy atom. The van der Waals surface area contributed by atoms with Gasteiger partial charge in [0.2, 0.25) is 0 Å². The van der Waals surface area contributed by atoms with E-state index in [1.165, 1.54) is 30.7 Å². The zero-order valence-corrected chi connectivity index (χ0v) is 11.3. The Labute approximate surface area is 102 Å². The molecule has 90 valence electrons. The molecule has 1 saturated carbocycles. The standard InChI is InChI=1S/C13H22N2S/c1-9(7-12-5-4-6-12)14-11(3)13-15-10(2)8-16-13/h8-9,11-12,14H,4-7H2,1-3H3. The van der Waals surface area contributed by atoms with Gasteiger partial charge in [0, 0.05) is 17.1 Å². The molecule has 0 bridgehead atoms. The van der Waals surface area contributed by atoms with Crippen LogP contribution in [0.1, 0.15) is 56.3 Å². The van der Waals surface area contributed by atoms with E-state index in [-0.39, 0.29) is 0 Å². The highest BCUT2D eigenvalue weighted by molar-refractivity contribution is 7.09. The lowest BCUT2D eigenvalue weighted by atomic mass is 9.81. The fraction of sp³-hybridized carbons (Fsp3) is 0.769. The van der Waals surface area contributed by atoms with Crippen LogP contribution in [0.5, 0.6) is 0 Å². The molecule has 16 heavy (non-hydrogen) atoms. The average Bonchev–Trinajstić information content (AvgIpc) is 2.58. The van der Waals surface area contributed by atoms with Crippen LogP contribution in [-0.2, 0) is 0 Å². The van der Waals surface area contributed by atoms with Crippen LogP contribution in [0.15, 0.2) is 5.38 Å². The molecule has 1 fully saturated rings. The minimum Gasteiger partial charge on any atom is -0.306 e. The van der Waals surface area contributed by atoms with Crippen molar-refractivity contribution >= 4 is 11.3 Å². The van der Waals surface area contributed by atoms with Crippen molar-refractivity contribution in [2.45, 2.75) is 58.5 Å². The van der Waals surface area contributed by atoms with Gasteiger partial charge in [-0.25, -0.2) is 4.98 Å². The molecule has 0 radical (unpaired) electrons. The molecule has 2 rings (SSSR count). The van der Waals surface area contributed by atoms with Crippen LogP contribution in [0.3, 0.4) is 0 Å². The monoisotopic (exact) mass is 238 g/mol. The van der Waals surface area contributed by atoms with Gasteiger partial charge in [-0.3, -0.25) is 0 Å². The molecule has 0 amide bonds. The predicted octanol–water partition coefficient (Wildman–Crippen LogP) is 3.68. The third-order valence-corrected chi connectivity index (χ3v) is 4.60. The minimum atomic E-state index is 0.397.